The number of halogens is 3. The van der Waals surface area contributed by atoms with E-state index in [0.717, 1.165) is 12.1 Å². The molecule has 0 radical (unpaired) electrons. The van der Waals surface area contributed by atoms with Crippen LogP contribution >= 0.6 is 0 Å². The van der Waals surface area contributed by atoms with E-state index in [2.05, 4.69) is 16.0 Å². The number of ether oxygens (including phenoxy) is 1. The number of terminal acetylenes is 1. The van der Waals surface area contributed by atoms with Crippen molar-refractivity contribution < 1.29 is 22.7 Å². The molecule has 0 aromatic heterocycles. The lowest BCUT2D eigenvalue weighted by atomic mass is 10.3. The first-order valence-corrected chi connectivity index (χ1v) is 5.13. The maximum absolute atomic E-state index is 11.9. The zero-order valence-electron chi connectivity index (χ0n) is 9.99. The van der Waals surface area contributed by atoms with Crippen molar-refractivity contribution in [3.05, 3.63) is 24.3 Å². The summed E-state index contributed by atoms with van der Waals surface area (Å²) in [6.07, 6.45) is 0.306. The first kappa shape index (κ1) is 14.7. The Hall–Kier alpha value is -2.36. The first-order chi connectivity index (χ1) is 8.81. The minimum absolute atomic E-state index is 0.126. The van der Waals surface area contributed by atoms with Crippen molar-refractivity contribution in [2.24, 2.45) is 0 Å². The number of nitrogens with one attached hydrogen (secondary N) is 1. The average Bonchev–Trinajstić information content (AvgIpc) is 2.30. The van der Waals surface area contributed by atoms with Crippen LogP contribution in [0.5, 0.6) is 5.75 Å². The van der Waals surface area contributed by atoms with Gasteiger partial charge in [-0.05, 0) is 24.3 Å². The van der Waals surface area contributed by atoms with Gasteiger partial charge in [0.2, 0.25) is 0 Å². The summed E-state index contributed by atoms with van der Waals surface area (Å²) in [5.74, 6) is 1.93. The summed E-state index contributed by atoms with van der Waals surface area (Å²) in [6, 6.07) is 4.34. The van der Waals surface area contributed by atoms with Crippen molar-refractivity contribution in [1.29, 1.82) is 0 Å². The normalized spacial score (nSPS) is 10.5. The van der Waals surface area contributed by atoms with Crippen molar-refractivity contribution in [2.75, 3.05) is 18.9 Å². The van der Waals surface area contributed by atoms with Crippen LogP contribution in [0.2, 0.25) is 0 Å². The second-order valence-corrected chi connectivity index (χ2v) is 3.56. The summed E-state index contributed by atoms with van der Waals surface area (Å²) in [4.78, 5) is 12.8. The fourth-order valence-corrected chi connectivity index (χ4v) is 1.17. The Morgan fingerprint density at radius 2 is 2.00 bits per heavy atom. The molecule has 0 aliphatic carbocycles. The number of anilines is 1. The molecule has 0 fully saturated rings. The molecule has 1 N–H and O–H groups in total. The van der Waals surface area contributed by atoms with Crippen LogP contribution in [-0.4, -0.2) is 30.9 Å². The molecule has 1 rings (SSSR count). The lowest BCUT2D eigenvalue weighted by molar-refractivity contribution is -0.274. The van der Waals surface area contributed by atoms with E-state index < -0.39 is 12.4 Å². The third kappa shape index (κ3) is 5.21. The summed E-state index contributed by atoms with van der Waals surface area (Å²) in [6.45, 7) is 0.126. The van der Waals surface area contributed by atoms with Crippen LogP contribution in [-0.2, 0) is 0 Å². The summed E-state index contributed by atoms with van der Waals surface area (Å²) >= 11 is 0. The van der Waals surface area contributed by atoms with E-state index in [0.29, 0.717) is 5.69 Å². The molecule has 1 aromatic rings. The second kappa shape index (κ2) is 6.00. The third-order valence-corrected chi connectivity index (χ3v) is 2.01. The maximum atomic E-state index is 11.9. The fraction of sp³-hybridized carbons (Fsp3) is 0.250. The monoisotopic (exact) mass is 272 g/mol. The lowest BCUT2D eigenvalue weighted by Gasteiger charge is -2.15. The Bertz CT molecular complexity index is 477. The molecule has 7 heteroatoms. The molecule has 0 aliphatic rings. The van der Waals surface area contributed by atoms with Gasteiger partial charge in [-0.1, -0.05) is 5.92 Å². The van der Waals surface area contributed by atoms with Crippen molar-refractivity contribution in [2.45, 2.75) is 6.36 Å². The topological polar surface area (TPSA) is 41.6 Å². The number of carbonyl (C=O) groups is 1. The maximum Gasteiger partial charge on any atom is 0.573 e. The van der Waals surface area contributed by atoms with Gasteiger partial charge >= 0.3 is 12.4 Å². The second-order valence-electron chi connectivity index (χ2n) is 3.56. The minimum Gasteiger partial charge on any atom is -0.406 e. The summed E-state index contributed by atoms with van der Waals surface area (Å²) in [5, 5.41) is 2.47. The molecule has 102 valence electrons. The van der Waals surface area contributed by atoms with Crippen LogP contribution in [0.3, 0.4) is 0 Å². The van der Waals surface area contributed by atoms with Crippen molar-refractivity contribution >= 4 is 11.7 Å². The van der Waals surface area contributed by atoms with Crippen LogP contribution < -0.4 is 10.1 Å². The van der Waals surface area contributed by atoms with Crippen LogP contribution in [0.4, 0.5) is 23.7 Å². The number of urea groups is 1. The number of carbonyl (C=O) groups excluding carboxylic acids is 1. The molecular formula is C12H11F3N2O2. The zero-order valence-corrected chi connectivity index (χ0v) is 9.99. The SMILES string of the molecule is C#CCN(C)C(=O)Nc1ccc(OC(F)(F)F)cc1. The van der Waals surface area contributed by atoms with E-state index in [1.807, 2.05) is 0 Å². The lowest BCUT2D eigenvalue weighted by Crippen LogP contribution is -2.31. The van der Waals surface area contributed by atoms with Gasteiger partial charge in [0.1, 0.15) is 5.75 Å². The van der Waals surface area contributed by atoms with Gasteiger partial charge in [0.25, 0.3) is 0 Å². The van der Waals surface area contributed by atoms with Crippen molar-refractivity contribution in [1.82, 2.24) is 4.90 Å². The van der Waals surface area contributed by atoms with E-state index in [-0.39, 0.29) is 12.3 Å². The third-order valence-electron chi connectivity index (χ3n) is 2.01. The molecule has 2 amide bonds. The summed E-state index contributed by atoms with van der Waals surface area (Å²) in [5.41, 5.74) is 0.336. The van der Waals surface area contributed by atoms with E-state index in [4.69, 9.17) is 6.42 Å². The molecule has 0 heterocycles. The van der Waals surface area contributed by atoms with Crippen LogP contribution in [0, 0.1) is 12.3 Å². The van der Waals surface area contributed by atoms with Crippen molar-refractivity contribution in [3.8, 4) is 18.1 Å². The number of rotatable bonds is 3. The van der Waals surface area contributed by atoms with Gasteiger partial charge in [0.05, 0.1) is 6.54 Å². The molecular weight excluding hydrogens is 261 g/mol. The number of amides is 2. The molecule has 4 nitrogen and oxygen atoms in total. The van der Waals surface area contributed by atoms with E-state index in [9.17, 15) is 18.0 Å². The van der Waals surface area contributed by atoms with Gasteiger partial charge in [0.15, 0.2) is 0 Å². The quantitative estimate of drug-likeness (QED) is 0.859. The van der Waals surface area contributed by atoms with Gasteiger partial charge in [-0.15, -0.1) is 19.6 Å². The number of hydrogen-bond acceptors (Lipinski definition) is 2. The van der Waals surface area contributed by atoms with Gasteiger partial charge < -0.3 is 15.0 Å². The molecule has 1 aromatic carbocycles. The molecule has 0 saturated carbocycles. The minimum atomic E-state index is -4.74. The van der Waals surface area contributed by atoms with E-state index in [1.54, 1.807) is 0 Å². The highest BCUT2D eigenvalue weighted by molar-refractivity contribution is 5.89. The van der Waals surface area contributed by atoms with Gasteiger partial charge in [-0.3, -0.25) is 0 Å². The van der Waals surface area contributed by atoms with Gasteiger partial charge in [-0.2, -0.15) is 0 Å². The highest BCUT2D eigenvalue weighted by Crippen LogP contribution is 2.23. The Kier molecular flexibility index (Phi) is 4.64. The van der Waals surface area contributed by atoms with Crippen LogP contribution in [0.1, 0.15) is 0 Å². The zero-order chi connectivity index (χ0) is 14.5. The highest BCUT2D eigenvalue weighted by Gasteiger charge is 2.30. The Morgan fingerprint density at radius 1 is 1.42 bits per heavy atom. The van der Waals surface area contributed by atoms with Crippen LogP contribution in [0.15, 0.2) is 24.3 Å². The molecule has 0 aliphatic heterocycles. The molecule has 0 bridgehead atoms. The standard InChI is InChI=1S/C12H11F3N2O2/c1-3-8-17(2)11(18)16-9-4-6-10(7-5-9)19-12(13,14)15/h1,4-7H,8H2,2H3,(H,16,18). The molecule has 19 heavy (non-hydrogen) atoms. The smallest absolute Gasteiger partial charge is 0.406 e. The highest BCUT2D eigenvalue weighted by atomic mass is 19.4. The molecule has 0 atom stereocenters. The number of alkyl halides is 3. The predicted molar refractivity (Wildman–Crippen MR) is 63.6 cm³/mol. The van der Waals surface area contributed by atoms with Crippen LogP contribution in [0.25, 0.3) is 0 Å². The molecule has 0 spiro atoms. The number of nitrogens with zero attached hydrogens (tertiary/aromatic N) is 1. The van der Waals surface area contributed by atoms with Crippen molar-refractivity contribution in [3.63, 3.8) is 0 Å². The Labute approximate surface area is 108 Å². The Morgan fingerprint density at radius 3 is 2.47 bits per heavy atom. The number of hydrogen-bond donors (Lipinski definition) is 1. The average molecular weight is 272 g/mol. The fourth-order valence-electron chi connectivity index (χ4n) is 1.17. The first-order valence-electron chi connectivity index (χ1n) is 5.13. The largest absolute Gasteiger partial charge is 0.573 e. The predicted octanol–water partition coefficient (Wildman–Crippen LogP) is 2.68. The molecule has 0 saturated heterocycles. The van der Waals surface area contributed by atoms with Gasteiger partial charge in [-0.25, -0.2) is 4.79 Å². The number of benzene rings is 1. The molecule has 0 unspecified atom stereocenters. The van der Waals surface area contributed by atoms with E-state index in [1.165, 1.54) is 24.1 Å². The van der Waals surface area contributed by atoms with E-state index >= 15 is 0 Å². The van der Waals surface area contributed by atoms with Gasteiger partial charge in [0, 0.05) is 12.7 Å². The Balaban J connectivity index is 2.63. The summed E-state index contributed by atoms with van der Waals surface area (Å²) < 4.78 is 39.5. The summed E-state index contributed by atoms with van der Waals surface area (Å²) in [7, 11) is 1.50.